The van der Waals surface area contributed by atoms with E-state index in [4.69, 9.17) is 0 Å². The first-order valence-electron chi connectivity index (χ1n) is 11.3. The van der Waals surface area contributed by atoms with Gasteiger partial charge in [0, 0.05) is 56.7 Å². The number of benzene rings is 1. The predicted octanol–water partition coefficient (Wildman–Crippen LogP) is 4.09. The van der Waals surface area contributed by atoms with Crippen molar-refractivity contribution in [2.45, 2.75) is 57.9 Å². The van der Waals surface area contributed by atoms with Gasteiger partial charge in [0.1, 0.15) is 0 Å². The zero-order valence-electron chi connectivity index (χ0n) is 17.4. The van der Waals surface area contributed by atoms with Crippen LogP contribution < -0.4 is 15.1 Å². The number of piperazine rings is 1. The Labute approximate surface area is 170 Å². The van der Waals surface area contributed by atoms with Gasteiger partial charge in [-0.2, -0.15) is 0 Å². The molecule has 0 spiro atoms. The van der Waals surface area contributed by atoms with Crippen molar-refractivity contribution in [1.29, 1.82) is 0 Å². The van der Waals surface area contributed by atoms with E-state index in [1.54, 1.807) is 0 Å². The molecule has 154 valence electrons. The molecular formula is C23H36N4O. The summed E-state index contributed by atoms with van der Waals surface area (Å²) < 4.78 is 0. The topological polar surface area (TPSA) is 38.8 Å². The van der Waals surface area contributed by atoms with Crippen molar-refractivity contribution in [2.24, 2.45) is 5.92 Å². The molecule has 0 atom stereocenters. The molecular weight excluding hydrogens is 348 g/mol. The van der Waals surface area contributed by atoms with Gasteiger partial charge in [-0.05, 0) is 55.9 Å². The van der Waals surface area contributed by atoms with Crippen molar-refractivity contribution in [3.63, 3.8) is 0 Å². The summed E-state index contributed by atoms with van der Waals surface area (Å²) in [5.74, 6) is 0.863. The van der Waals surface area contributed by atoms with E-state index >= 15 is 0 Å². The third-order valence-corrected chi connectivity index (χ3v) is 6.86. The number of amides is 2. The average Bonchev–Trinajstić information content (AvgIpc) is 2.75. The maximum Gasteiger partial charge on any atom is 0.317 e. The van der Waals surface area contributed by atoms with Crippen molar-refractivity contribution in [1.82, 2.24) is 10.2 Å². The first-order chi connectivity index (χ1) is 13.7. The van der Waals surface area contributed by atoms with Gasteiger partial charge in [-0.3, -0.25) is 0 Å². The molecule has 2 saturated heterocycles. The average molecular weight is 385 g/mol. The number of hydrogen-bond donors (Lipinski definition) is 1. The van der Waals surface area contributed by atoms with Gasteiger partial charge < -0.3 is 20.0 Å². The van der Waals surface area contributed by atoms with Crippen molar-refractivity contribution < 1.29 is 4.79 Å². The molecule has 3 fully saturated rings. The highest BCUT2D eigenvalue weighted by Crippen LogP contribution is 2.26. The van der Waals surface area contributed by atoms with Gasteiger partial charge in [0.2, 0.25) is 0 Å². The highest BCUT2D eigenvalue weighted by molar-refractivity contribution is 5.75. The van der Waals surface area contributed by atoms with E-state index in [2.05, 4.69) is 46.3 Å². The van der Waals surface area contributed by atoms with Crippen LogP contribution in [0.25, 0.3) is 0 Å². The van der Waals surface area contributed by atoms with Gasteiger partial charge in [0.05, 0.1) is 0 Å². The summed E-state index contributed by atoms with van der Waals surface area (Å²) in [6.07, 6.45) is 8.72. The fraction of sp³-hybridized carbons (Fsp3) is 0.696. The first kappa shape index (κ1) is 19.4. The molecule has 28 heavy (non-hydrogen) atoms. The third-order valence-electron chi connectivity index (χ3n) is 6.86. The maximum absolute atomic E-state index is 12.5. The monoisotopic (exact) mass is 384 g/mol. The van der Waals surface area contributed by atoms with Crippen molar-refractivity contribution in [2.75, 3.05) is 49.1 Å². The molecule has 1 aromatic carbocycles. The minimum absolute atomic E-state index is 0.140. The second-order valence-electron chi connectivity index (χ2n) is 8.94. The highest BCUT2D eigenvalue weighted by atomic mass is 16.2. The van der Waals surface area contributed by atoms with E-state index in [1.807, 2.05) is 4.90 Å². The second kappa shape index (κ2) is 9.06. The molecule has 1 aliphatic carbocycles. The Morgan fingerprint density at radius 1 is 0.786 bits per heavy atom. The van der Waals surface area contributed by atoms with Gasteiger partial charge >= 0.3 is 6.03 Å². The molecule has 0 bridgehead atoms. The van der Waals surface area contributed by atoms with Crippen LogP contribution >= 0.6 is 0 Å². The number of carbonyl (C=O) groups excluding carboxylic acids is 1. The zero-order valence-corrected chi connectivity index (χ0v) is 17.4. The van der Waals surface area contributed by atoms with Gasteiger partial charge in [0.15, 0.2) is 0 Å². The van der Waals surface area contributed by atoms with Crippen LogP contribution in [0.3, 0.4) is 0 Å². The molecule has 2 amide bonds. The minimum atomic E-state index is 0.140. The zero-order chi connectivity index (χ0) is 19.3. The Kier molecular flexibility index (Phi) is 6.28. The van der Waals surface area contributed by atoms with Crippen LogP contribution in [-0.4, -0.2) is 56.2 Å². The highest BCUT2D eigenvalue weighted by Gasteiger charge is 2.24. The van der Waals surface area contributed by atoms with Crippen LogP contribution in [0.1, 0.15) is 51.9 Å². The summed E-state index contributed by atoms with van der Waals surface area (Å²) in [4.78, 5) is 19.5. The second-order valence-corrected chi connectivity index (χ2v) is 8.94. The summed E-state index contributed by atoms with van der Waals surface area (Å²) in [5.41, 5.74) is 2.63. The lowest BCUT2D eigenvalue weighted by Gasteiger charge is -2.37. The Morgan fingerprint density at radius 3 is 1.89 bits per heavy atom. The summed E-state index contributed by atoms with van der Waals surface area (Å²) in [6.45, 7) is 8.16. The molecule has 1 aromatic rings. The Bertz CT molecular complexity index is 625. The third kappa shape index (κ3) is 4.73. The number of piperidine rings is 1. The fourth-order valence-electron chi connectivity index (χ4n) is 4.82. The number of carbonyl (C=O) groups is 1. The van der Waals surface area contributed by atoms with Crippen LogP contribution in [-0.2, 0) is 0 Å². The fourth-order valence-corrected chi connectivity index (χ4v) is 4.82. The predicted molar refractivity (Wildman–Crippen MR) is 116 cm³/mol. The normalized spacial score (nSPS) is 22.4. The first-order valence-corrected chi connectivity index (χ1v) is 11.3. The Morgan fingerprint density at radius 2 is 1.32 bits per heavy atom. The van der Waals surface area contributed by atoms with Crippen LogP contribution in [0.15, 0.2) is 24.3 Å². The standard InChI is InChI=1S/C23H36N4O/c1-19-11-13-25(14-12-19)21-7-9-22(10-8-21)26-15-17-27(18-16-26)23(28)24-20-5-3-2-4-6-20/h7-10,19-20H,2-6,11-18H2,1H3,(H,24,28). The maximum atomic E-state index is 12.5. The molecule has 4 rings (SSSR count). The van der Waals surface area contributed by atoms with Crippen molar-refractivity contribution in [3.05, 3.63) is 24.3 Å². The Balaban J connectivity index is 1.26. The summed E-state index contributed by atoms with van der Waals surface area (Å²) in [5, 5.41) is 3.25. The van der Waals surface area contributed by atoms with E-state index in [0.717, 1.165) is 44.9 Å². The molecule has 1 N–H and O–H groups in total. The van der Waals surface area contributed by atoms with E-state index < -0.39 is 0 Å². The summed E-state index contributed by atoms with van der Waals surface area (Å²) in [7, 11) is 0. The van der Waals surface area contributed by atoms with Crippen molar-refractivity contribution in [3.8, 4) is 0 Å². The number of hydrogen-bond acceptors (Lipinski definition) is 3. The number of anilines is 2. The Hall–Kier alpha value is -1.91. The molecule has 0 aromatic heterocycles. The van der Waals surface area contributed by atoms with Crippen LogP contribution in [0.5, 0.6) is 0 Å². The molecule has 3 aliphatic rings. The number of nitrogens with zero attached hydrogens (tertiary/aromatic N) is 3. The van der Waals surface area contributed by atoms with Gasteiger partial charge in [-0.1, -0.05) is 26.2 Å². The molecule has 1 saturated carbocycles. The number of rotatable bonds is 3. The molecule has 0 unspecified atom stereocenters. The van der Waals surface area contributed by atoms with Gasteiger partial charge in [-0.15, -0.1) is 0 Å². The van der Waals surface area contributed by atoms with Gasteiger partial charge in [0.25, 0.3) is 0 Å². The number of urea groups is 1. The summed E-state index contributed by atoms with van der Waals surface area (Å²) in [6, 6.07) is 9.59. The van der Waals surface area contributed by atoms with Crippen LogP contribution in [0, 0.1) is 5.92 Å². The van der Waals surface area contributed by atoms with E-state index in [-0.39, 0.29) is 6.03 Å². The van der Waals surface area contributed by atoms with E-state index in [1.165, 1.54) is 56.6 Å². The van der Waals surface area contributed by atoms with E-state index in [9.17, 15) is 4.79 Å². The van der Waals surface area contributed by atoms with Crippen LogP contribution in [0.2, 0.25) is 0 Å². The quantitative estimate of drug-likeness (QED) is 0.853. The molecule has 5 nitrogen and oxygen atoms in total. The number of nitrogens with one attached hydrogen (secondary N) is 1. The lowest BCUT2D eigenvalue weighted by molar-refractivity contribution is 0.186. The smallest absolute Gasteiger partial charge is 0.317 e. The van der Waals surface area contributed by atoms with Gasteiger partial charge in [-0.25, -0.2) is 4.79 Å². The SMILES string of the molecule is CC1CCN(c2ccc(N3CCN(C(=O)NC4CCCCC4)CC3)cc2)CC1. The lowest BCUT2D eigenvalue weighted by atomic mass is 9.96. The molecule has 2 heterocycles. The largest absolute Gasteiger partial charge is 0.372 e. The van der Waals surface area contributed by atoms with Crippen LogP contribution in [0.4, 0.5) is 16.2 Å². The van der Waals surface area contributed by atoms with E-state index in [0.29, 0.717) is 6.04 Å². The minimum Gasteiger partial charge on any atom is -0.372 e. The molecule has 5 heteroatoms. The summed E-state index contributed by atoms with van der Waals surface area (Å²) >= 11 is 0. The van der Waals surface area contributed by atoms with Crippen molar-refractivity contribution >= 4 is 17.4 Å². The molecule has 0 radical (unpaired) electrons. The molecule has 2 aliphatic heterocycles. The lowest BCUT2D eigenvalue weighted by Crippen LogP contribution is -2.53.